The SMILES string of the molecule is C.FS(F)(F)c1ccccc1.O=S(OCCF)c1ccccc1.OCCO.[I-]. The summed E-state index contributed by atoms with van der Waals surface area (Å²) in [6.07, 6.45) is 0. The maximum absolute atomic E-state index is 11.9. The van der Waals surface area contributed by atoms with Crippen LogP contribution in [-0.4, -0.2) is 40.9 Å². The zero-order valence-electron chi connectivity index (χ0n) is 14.0. The Bertz CT molecular complexity index is 603. The molecule has 0 fully saturated rings. The van der Waals surface area contributed by atoms with Gasteiger partial charge in [0.15, 0.2) is 11.1 Å². The van der Waals surface area contributed by atoms with Crippen molar-refractivity contribution in [1.29, 1.82) is 0 Å². The fourth-order valence-corrected chi connectivity index (χ4v) is 2.48. The monoisotopic (exact) mass is 559 g/mol. The largest absolute Gasteiger partial charge is 1.00 e. The summed E-state index contributed by atoms with van der Waals surface area (Å²) in [6, 6.07) is 15.2. The van der Waals surface area contributed by atoms with E-state index in [0.717, 1.165) is 12.1 Å². The number of halogens is 5. The first-order valence-electron chi connectivity index (χ1n) is 7.21. The van der Waals surface area contributed by atoms with Crippen molar-refractivity contribution in [2.24, 2.45) is 0 Å². The van der Waals surface area contributed by atoms with Crippen LogP contribution in [0.25, 0.3) is 0 Å². The Morgan fingerprint density at radius 3 is 1.64 bits per heavy atom. The molecule has 0 amide bonds. The van der Waals surface area contributed by atoms with Crippen LogP contribution in [0, 0.1) is 0 Å². The molecule has 0 aliphatic heterocycles. The van der Waals surface area contributed by atoms with Crippen LogP contribution < -0.4 is 24.0 Å². The quantitative estimate of drug-likeness (QED) is 0.419. The van der Waals surface area contributed by atoms with Gasteiger partial charge in [-0.05, 0) is 24.3 Å². The predicted octanol–water partition coefficient (Wildman–Crippen LogP) is 1.81. The van der Waals surface area contributed by atoms with Crippen molar-refractivity contribution < 1.29 is 58.6 Å². The predicted molar refractivity (Wildman–Crippen MR) is 101 cm³/mol. The van der Waals surface area contributed by atoms with Crippen LogP contribution in [0.5, 0.6) is 0 Å². The van der Waals surface area contributed by atoms with Gasteiger partial charge in [0.2, 0.25) is 11.2 Å². The summed E-state index contributed by atoms with van der Waals surface area (Å²) in [5, 5.41) is 15.2. The maximum atomic E-state index is 11.9. The number of aliphatic hydroxyl groups is 2. The lowest BCUT2D eigenvalue weighted by Gasteiger charge is -2.07. The summed E-state index contributed by atoms with van der Waals surface area (Å²) >= 11 is -6.53. The van der Waals surface area contributed by atoms with Crippen LogP contribution in [0.3, 0.4) is 0 Å². The molecule has 0 aromatic heterocycles. The summed E-state index contributed by atoms with van der Waals surface area (Å²) in [7, 11) is 0. The highest BCUT2D eigenvalue weighted by Crippen LogP contribution is 2.60. The molecule has 4 nitrogen and oxygen atoms in total. The molecule has 0 saturated heterocycles. The minimum atomic E-state index is -5.00. The maximum Gasteiger partial charge on any atom is 0.237 e. The van der Waals surface area contributed by atoms with Crippen molar-refractivity contribution in [3.8, 4) is 0 Å². The van der Waals surface area contributed by atoms with E-state index in [1.54, 1.807) is 30.3 Å². The van der Waals surface area contributed by atoms with Crippen molar-refractivity contribution >= 4 is 22.3 Å². The molecule has 0 heterocycles. The van der Waals surface area contributed by atoms with E-state index in [2.05, 4.69) is 4.18 Å². The molecule has 0 aliphatic rings. The Kier molecular flexibility index (Phi) is 22.3. The van der Waals surface area contributed by atoms with Gasteiger partial charge in [0.1, 0.15) is 6.67 Å². The minimum Gasteiger partial charge on any atom is -1.00 e. The van der Waals surface area contributed by atoms with Crippen molar-refractivity contribution in [1.82, 2.24) is 0 Å². The number of hydrogen-bond acceptors (Lipinski definition) is 4. The van der Waals surface area contributed by atoms with Gasteiger partial charge in [-0.15, -0.1) is 11.7 Å². The van der Waals surface area contributed by atoms with Crippen LogP contribution >= 0.6 is 11.2 Å². The third-order valence-electron chi connectivity index (χ3n) is 2.31. The van der Waals surface area contributed by atoms with Gasteiger partial charge in [-0.25, -0.2) is 8.60 Å². The first-order valence-corrected chi connectivity index (χ1v) is 9.62. The number of hydrogen-bond donors (Lipinski definition) is 2. The lowest BCUT2D eigenvalue weighted by atomic mass is 10.4. The van der Waals surface area contributed by atoms with E-state index in [4.69, 9.17) is 10.2 Å². The fourth-order valence-electron chi connectivity index (χ4n) is 1.28. The van der Waals surface area contributed by atoms with Crippen molar-refractivity contribution in [3.05, 3.63) is 60.7 Å². The van der Waals surface area contributed by atoms with Crippen LogP contribution in [0.1, 0.15) is 7.43 Å². The van der Waals surface area contributed by atoms with Gasteiger partial charge < -0.3 is 34.2 Å². The van der Waals surface area contributed by atoms with Gasteiger partial charge in [-0.3, -0.25) is 4.18 Å². The molecular weight excluding hydrogens is 535 g/mol. The Hall–Kier alpha value is -0.730. The highest BCUT2D eigenvalue weighted by Gasteiger charge is 2.22. The van der Waals surface area contributed by atoms with E-state index in [9.17, 15) is 20.3 Å². The molecule has 11 heteroatoms. The topological polar surface area (TPSA) is 66.8 Å². The molecule has 2 aromatic rings. The number of aliphatic hydroxyl groups excluding tert-OH is 2. The molecule has 2 rings (SSSR count). The molecule has 1 unspecified atom stereocenters. The number of benzene rings is 2. The van der Waals surface area contributed by atoms with Crippen LogP contribution in [0.15, 0.2) is 70.5 Å². The molecule has 2 N–H and O–H groups in total. The second-order valence-electron chi connectivity index (χ2n) is 4.23. The normalized spacial score (nSPS) is 11.2. The lowest BCUT2D eigenvalue weighted by Crippen LogP contribution is -3.00. The zero-order valence-corrected chi connectivity index (χ0v) is 17.8. The van der Waals surface area contributed by atoms with Crippen molar-refractivity contribution in [2.45, 2.75) is 17.2 Å². The fraction of sp³-hybridized carbons (Fsp3) is 0.294. The van der Waals surface area contributed by atoms with Gasteiger partial charge in [-0.1, -0.05) is 43.8 Å². The zero-order chi connectivity index (χ0) is 19.8. The van der Waals surface area contributed by atoms with Gasteiger partial charge in [0.05, 0.1) is 29.6 Å². The molecule has 2 aromatic carbocycles. The molecule has 0 aliphatic carbocycles. The Morgan fingerprint density at radius 1 is 0.893 bits per heavy atom. The van der Waals surface area contributed by atoms with E-state index in [0.29, 0.717) is 4.90 Å². The third-order valence-corrected chi connectivity index (χ3v) is 4.16. The first-order chi connectivity index (χ1) is 12.4. The summed E-state index contributed by atoms with van der Waals surface area (Å²) in [5.41, 5.74) is 0. The second kappa shape index (κ2) is 19.6. The van der Waals surface area contributed by atoms with E-state index in [1.165, 1.54) is 12.1 Å². The average Bonchev–Trinajstić information content (AvgIpc) is 2.67. The Balaban J connectivity index is -0.000000358. The molecule has 0 spiro atoms. The highest BCUT2D eigenvalue weighted by atomic mass is 127. The second-order valence-corrected chi connectivity index (χ2v) is 6.69. The van der Waals surface area contributed by atoms with Gasteiger partial charge in [0, 0.05) is 0 Å². The summed E-state index contributed by atoms with van der Waals surface area (Å²) in [4.78, 5) is 0.0425. The minimum absolute atomic E-state index is 0. The van der Waals surface area contributed by atoms with Crippen LogP contribution in [0.2, 0.25) is 0 Å². The van der Waals surface area contributed by atoms with Gasteiger partial charge >= 0.3 is 0 Å². The first kappa shape index (κ1) is 31.9. The molecule has 0 saturated carbocycles. The number of alkyl halides is 1. The van der Waals surface area contributed by atoms with Crippen molar-refractivity contribution in [3.63, 3.8) is 0 Å². The van der Waals surface area contributed by atoms with E-state index in [-0.39, 0.29) is 51.2 Å². The summed E-state index contributed by atoms with van der Waals surface area (Å²) < 4.78 is 63.0. The smallest absolute Gasteiger partial charge is 0.237 e. The van der Waals surface area contributed by atoms with E-state index >= 15 is 0 Å². The van der Waals surface area contributed by atoms with Crippen LogP contribution in [0.4, 0.5) is 16.0 Å². The van der Waals surface area contributed by atoms with Gasteiger partial charge in [-0.2, -0.15) is 0 Å². The van der Waals surface area contributed by atoms with E-state index < -0.39 is 33.8 Å². The molecule has 164 valence electrons. The summed E-state index contributed by atoms with van der Waals surface area (Å²) in [5.74, 6) is 0. The molecule has 0 bridgehead atoms. The Labute approximate surface area is 184 Å². The molecule has 28 heavy (non-hydrogen) atoms. The molecule has 1 atom stereocenters. The molecular formula is C17H24F4IO4S2-. The average molecular weight is 559 g/mol. The van der Waals surface area contributed by atoms with Gasteiger partial charge in [0.25, 0.3) is 0 Å². The molecule has 0 radical (unpaired) electrons. The number of rotatable bonds is 6. The van der Waals surface area contributed by atoms with Crippen LogP contribution in [-0.2, 0) is 15.3 Å². The lowest BCUT2D eigenvalue weighted by molar-refractivity contribution is -0.0000121. The highest BCUT2D eigenvalue weighted by molar-refractivity contribution is 8.20. The van der Waals surface area contributed by atoms with E-state index in [1.807, 2.05) is 6.07 Å². The third kappa shape index (κ3) is 16.2. The van der Waals surface area contributed by atoms with Crippen molar-refractivity contribution in [2.75, 3.05) is 26.5 Å². The Morgan fingerprint density at radius 2 is 1.32 bits per heavy atom. The summed E-state index contributed by atoms with van der Waals surface area (Å²) in [6.45, 7) is -0.986. The standard InChI is InChI=1S/C8H9FO2S.C6H5F3S.C2H6O2.CH4.HI/c9-6-7-11-12(10)8-4-2-1-3-5-8;7-10(8,9)6-4-2-1-3-5-6;3-1-2-4;;/h1-5H,6-7H2;1-5H;3-4H,1-2H2;1H4;1H/p-1.